The molecule has 2 amide bonds. The van der Waals surface area contributed by atoms with Gasteiger partial charge in [0, 0.05) is 35.8 Å². The summed E-state index contributed by atoms with van der Waals surface area (Å²) in [4.78, 5) is 32.2. The second-order valence-corrected chi connectivity index (χ2v) is 6.71. The lowest BCUT2D eigenvalue weighted by Gasteiger charge is -2.05. The predicted molar refractivity (Wildman–Crippen MR) is 113 cm³/mol. The Balaban J connectivity index is 1.65. The summed E-state index contributed by atoms with van der Waals surface area (Å²) in [6, 6.07) is 11.8. The van der Waals surface area contributed by atoms with Gasteiger partial charge in [0.05, 0.1) is 17.8 Å². The summed E-state index contributed by atoms with van der Waals surface area (Å²) in [5.41, 5.74) is 8.97. The number of carbonyl (C=O) groups is 2. The Bertz CT molecular complexity index is 1060. The molecule has 0 atom stereocenters. The molecular weight excluding hydrogens is 388 g/mol. The average Bonchev–Trinajstić information content (AvgIpc) is 3.22. The average molecular weight is 406 g/mol. The van der Waals surface area contributed by atoms with E-state index in [1.54, 1.807) is 12.4 Å². The van der Waals surface area contributed by atoms with Gasteiger partial charge in [0.25, 0.3) is 5.91 Å². The maximum Gasteiger partial charge on any atom is 0.254 e. The Morgan fingerprint density at radius 3 is 2.62 bits per heavy atom. The minimum atomic E-state index is -0.592. The molecule has 0 aliphatic heterocycles. The summed E-state index contributed by atoms with van der Waals surface area (Å²) in [7, 11) is 0. The van der Waals surface area contributed by atoms with Crippen molar-refractivity contribution >= 4 is 34.5 Å². The quantitative estimate of drug-likeness (QED) is 0.353. The molecule has 0 radical (unpaired) electrons. The first-order valence-corrected chi connectivity index (χ1v) is 9.45. The van der Waals surface area contributed by atoms with E-state index in [2.05, 4.69) is 20.6 Å². The lowest BCUT2D eigenvalue weighted by atomic mass is 10.0. The number of aromatic nitrogens is 2. The Morgan fingerprint density at radius 2 is 1.90 bits per heavy atom. The second-order valence-electron chi connectivity index (χ2n) is 5.85. The Labute approximate surface area is 171 Å². The summed E-state index contributed by atoms with van der Waals surface area (Å²) in [5, 5.41) is 14.4. The molecule has 9 heteroatoms. The summed E-state index contributed by atoms with van der Waals surface area (Å²) < 4.78 is 0. The number of thiazole rings is 1. The van der Waals surface area contributed by atoms with Crippen LogP contribution >= 0.6 is 11.3 Å². The highest BCUT2D eigenvalue weighted by Crippen LogP contribution is 2.28. The van der Waals surface area contributed by atoms with Crippen LogP contribution in [0.3, 0.4) is 0 Å². The van der Waals surface area contributed by atoms with E-state index >= 15 is 0 Å². The molecule has 0 spiro atoms. The van der Waals surface area contributed by atoms with Crippen LogP contribution in [0.15, 0.2) is 65.9 Å². The number of rotatable bonds is 7. The number of hydrogen-bond donors (Lipinski definition) is 4. The van der Waals surface area contributed by atoms with Gasteiger partial charge in [-0.3, -0.25) is 14.6 Å². The zero-order chi connectivity index (χ0) is 20.6. The third-order valence-electron chi connectivity index (χ3n) is 3.93. The van der Waals surface area contributed by atoms with Crippen molar-refractivity contribution in [3.63, 3.8) is 0 Å². The highest BCUT2D eigenvalue weighted by Gasteiger charge is 2.11. The van der Waals surface area contributed by atoms with E-state index in [1.807, 2.05) is 41.8 Å². The third-order valence-corrected chi connectivity index (χ3v) is 4.69. The number of benzene rings is 1. The fourth-order valence-corrected chi connectivity index (χ4v) is 3.22. The standard InChI is InChI=1S/C20H18N6O2S/c21-9-16(10-22)19(28)24-11-18(27)26-20-25-17(12-29-20)15-3-1-2-14(8-15)13-4-6-23-7-5-13/h1-10,12,21H,11,22H2,(H,24,28)(H,25,26,27)/b16-10+,21-9?. The molecule has 3 rings (SSSR count). The maximum atomic E-state index is 12.0. The zero-order valence-electron chi connectivity index (χ0n) is 15.3. The molecular formula is C20H18N6O2S. The van der Waals surface area contributed by atoms with Gasteiger partial charge in [0.1, 0.15) is 0 Å². The first kappa shape index (κ1) is 19.9. The van der Waals surface area contributed by atoms with Crippen LogP contribution in [0.5, 0.6) is 0 Å². The van der Waals surface area contributed by atoms with Gasteiger partial charge in [0.15, 0.2) is 5.13 Å². The largest absolute Gasteiger partial charge is 0.404 e. The fraction of sp³-hybridized carbons (Fsp3) is 0.0500. The van der Waals surface area contributed by atoms with Gasteiger partial charge in [-0.05, 0) is 29.3 Å². The second kappa shape index (κ2) is 9.38. The summed E-state index contributed by atoms with van der Waals surface area (Å²) >= 11 is 1.29. The van der Waals surface area contributed by atoms with E-state index in [-0.39, 0.29) is 12.1 Å². The van der Waals surface area contributed by atoms with Crippen LogP contribution in [0, 0.1) is 5.41 Å². The van der Waals surface area contributed by atoms with E-state index in [4.69, 9.17) is 11.1 Å². The number of hydrogen-bond acceptors (Lipinski definition) is 7. The van der Waals surface area contributed by atoms with Crippen LogP contribution in [0.4, 0.5) is 5.13 Å². The monoisotopic (exact) mass is 406 g/mol. The van der Waals surface area contributed by atoms with Gasteiger partial charge in [-0.25, -0.2) is 4.98 Å². The maximum absolute atomic E-state index is 12.0. The molecule has 0 saturated carbocycles. The topological polar surface area (TPSA) is 134 Å². The molecule has 2 heterocycles. The van der Waals surface area contributed by atoms with Crippen molar-refractivity contribution in [1.82, 2.24) is 15.3 Å². The van der Waals surface area contributed by atoms with Crippen molar-refractivity contribution in [2.24, 2.45) is 5.73 Å². The molecule has 1 aromatic carbocycles. The number of nitrogens with zero attached hydrogens (tertiary/aromatic N) is 2. The normalized spacial score (nSPS) is 11.0. The van der Waals surface area contributed by atoms with E-state index in [0.717, 1.165) is 34.8 Å². The first-order valence-electron chi connectivity index (χ1n) is 8.57. The van der Waals surface area contributed by atoms with Crippen molar-refractivity contribution in [3.8, 4) is 22.4 Å². The number of amides is 2. The van der Waals surface area contributed by atoms with Gasteiger partial charge in [-0.15, -0.1) is 11.3 Å². The first-order chi connectivity index (χ1) is 14.1. The molecule has 0 bridgehead atoms. The number of pyridine rings is 1. The van der Waals surface area contributed by atoms with Crippen molar-refractivity contribution in [2.45, 2.75) is 0 Å². The Hall–Kier alpha value is -3.85. The Kier molecular flexibility index (Phi) is 6.43. The van der Waals surface area contributed by atoms with E-state index in [1.165, 1.54) is 11.3 Å². The molecule has 2 aromatic heterocycles. The van der Waals surface area contributed by atoms with E-state index in [9.17, 15) is 9.59 Å². The summed E-state index contributed by atoms with van der Waals surface area (Å²) in [5.74, 6) is -1.02. The summed E-state index contributed by atoms with van der Waals surface area (Å²) in [6.45, 7) is -0.254. The molecule has 0 saturated heterocycles. The molecule has 3 aromatic rings. The molecule has 0 fully saturated rings. The molecule has 0 aliphatic rings. The Morgan fingerprint density at radius 1 is 1.14 bits per heavy atom. The van der Waals surface area contributed by atoms with E-state index in [0.29, 0.717) is 5.13 Å². The van der Waals surface area contributed by atoms with Crippen molar-refractivity contribution in [3.05, 3.63) is 65.9 Å². The SMILES string of the molecule is N=C/C(=C\N)C(=O)NCC(=O)Nc1nc(-c2cccc(-c3ccncc3)c2)cs1. The van der Waals surface area contributed by atoms with Crippen LogP contribution in [0.25, 0.3) is 22.4 Å². The minimum Gasteiger partial charge on any atom is -0.404 e. The number of nitrogens with two attached hydrogens (primary N) is 1. The van der Waals surface area contributed by atoms with Gasteiger partial charge >= 0.3 is 0 Å². The molecule has 5 N–H and O–H groups in total. The number of nitrogens with one attached hydrogen (secondary N) is 3. The molecule has 8 nitrogen and oxygen atoms in total. The number of anilines is 1. The highest BCUT2D eigenvalue weighted by atomic mass is 32.1. The van der Waals surface area contributed by atoms with Crippen molar-refractivity contribution in [2.75, 3.05) is 11.9 Å². The molecule has 0 unspecified atom stereocenters. The van der Waals surface area contributed by atoms with Gasteiger partial charge < -0.3 is 21.8 Å². The van der Waals surface area contributed by atoms with Crippen molar-refractivity contribution < 1.29 is 9.59 Å². The van der Waals surface area contributed by atoms with Crippen molar-refractivity contribution in [1.29, 1.82) is 5.41 Å². The minimum absolute atomic E-state index is 0.0246. The molecule has 0 aliphatic carbocycles. The van der Waals surface area contributed by atoms with Crippen LogP contribution < -0.4 is 16.4 Å². The third kappa shape index (κ3) is 5.11. The molecule has 146 valence electrons. The van der Waals surface area contributed by atoms with Gasteiger partial charge in [-0.2, -0.15) is 0 Å². The van der Waals surface area contributed by atoms with Crippen LogP contribution in [-0.4, -0.2) is 34.5 Å². The smallest absolute Gasteiger partial charge is 0.254 e. The van der Waals surface area contributed by atoms with Crippen LogP contribution in [-0.2, 0) is 9.59 Å². The van der Waals surface area contributed by atoms with E-state index < -0.39 is 11.8 Å². The van der Waals surface area contributed by atoms with Gasteiger partial charge in [0.2, 0.25) is 5.91 Å². The zero-order valence-corrected chi connectivity index (χ0v) is 16.1. The summed E-state index contributed by atoms with van der Waals surface area (Å²) in [6.07, 6.45) is 5.31. The highest BCUT2D eigenvalue weighted by molar-refractivity contribution is 7.14. The number of carbonyl (C=O) groups excluding carboxylic acids is 2. The van der Waals surface area contributed by atoms with Crippen LogP contribution in [0.2, 0.25) is 0 Å². The molecule has 29 heavy (non-hydrogen) atoms. The lowest BCUT2D eigenvalue weighted by Crippen LogP contribution is -2.34. The van der Waals surface area contributed by atoms with Crippen LogP contribution in [0.1, 0.15) is 0 Å². The predicted octanol–water partition coefficient (Wildman–Crippen LogP) is 2.42. The lowest BCUT2D eigenvalue weighted by molar-refractivity contribution is -0.121. The van der Waals surface area contributed by atoms with Gasteiger partial charge in [-0.1, -0.05) is 18.2 Å². The fourth-order valence-electron chi connectivity index (χ4n) is 2.48.